The van der Waals surface area contributed by atoms with Crippen LogP contribution < -0.4 is 15.5 Å². The first-order valence-electron chi connectivity index (χ1n) is 13.0. The van der Waals surface area contributed by atoms with Gasteiger partial charge in [0.2, 0.25) is 0 Å². The zero-order chi connectivity index (χ0) is 27.4. The van der Waals surface area contributed by atoms with Crippen LogP contribution in [0.5, 0.6) is 5.75 Å². The number of para-hydroxylation sites is 2. The molecule has 0 unspecified atom stereocenters. The van der Waals surface area contributed by atoms with Crippen molar-refractivity contribution in [2.75, 3.05) is 0 Å². The second-order valence-electron chi connectivity index (χ2n) is 10.2. The lowest BCUT2D eigenvalue weighted by molar-refractivity contribution is -0.0503. The Morgan fingerprint density at radius 2 is 1.97 bits per heavy atom. The smallest absolute Gasteiger partial charge is 0.435 e. The predicted octanol–water partition coefficient (Wildman–Crippen LogP) is 4.02. The van der Waals surface area contributed by atoms with Gasteiger partial charge in [-0.3, -0.25) is 4.79 Å². The SMILES string of the molecule is [2H]C([2H])([2H])c1c(OC(F)F)cc2c(c1B1OC(C)(C)C(C)(C)O1)[C@H]1C[C@@H](NC2=O)c2nc3ccccc3n21. The molecule has 35 heavy (non-hydrogen) atoms. The normalized spacial score (nSPS) is 25.5. The van der Waals surface area contributed by atoms with Crippen LogP contribution in [0.1, 0.15) is 77.6 Å². The fourth-order valence-electron chi connectivity index (χ4n) is 5.31. The Bertz CT molecular complexity index is 1470. The zero-order valence-electron chi connectivity index (χ0n) is 22.7. The minimum atomic E-state index is -3.31. The number of alkyl halides is 2. The van der Waals surface area contributed by atoms with Crippen molar-refractivity contribution < 1.29 is 31.7 Å². The van der Waals surface area contributed by atoms with Gasteiger partial charge < -0.3 is 23.9 Å². The molecular weight excluding hydrogens is 455 g/mol. The molecule has 4 heterocycles. The number of fused-ring (bicyclic) bond motifs is 9. The monoisotopic (exact) mass is 484 g/mol. The van der Waals surface area contributed by atoms with Crippen molar-refractivity contribution in [2.45, 2.75) is 70.9 Å². The number of benzene rings is 2. The number of hydrogen-bond acceptors (Lipinski definition) is 5. The van der Waals surface area contributed by atoms with Crippen LogP contribution in [0.15, 0.2) is 30.3 Å². The molecule has 3 aliphatic rings. The number of aromatic nitrogens is 2. The van der Waals surface area contributed by atoms with Crippen LogP contribution in [-0.4, -0.2) is 40.4 Å². The molecule has 1 amide bonds. The Morgan fingerprint density at radius 1 is 1.26 bits per heavy atom. The maximum atomic E-state index is 13.6. The lowest BCUT2D eigenvalue weighted by Gasteiger charge is -2.32. The topological polar surface area (TPSA) is 74.6 Å². The summed E-state index contributed by atoms with van der Waals surface area (Å²) in [6, 6.07) is 7.59. The van der Waals surface area contributed by atoms with Crippen LogP contribution in [-0.2, 0) is 9.31 Å². The van der Waals surface area contributed by atoms with Crippen molar-refractivity contribution >= 4 is 29.5 Å². The van der Waals surface area contributed by atoms with Gasteiger partial charge in [0.15, 0.2) is 0 Å². The molecule has 2 aromatic carbocycles. The van der Waals surface area contributed by atoms with Crippen molar-refractivity contribution in [3.05, 3.63) is 52.8 Å². The van der Waals surface area contributed by atoms with Crippen molar-refractivity contribution in [1.29, 1.82) is 0 Å². The van der Waals surface area contributed by atoms with Gasteiger partial charge in [-0.2, -0.15) is 8.78 Å². The van der Waals surface area contributed by atoms with Gasteiger partial charge in [-0.05, 0) is 75.8 Å². The van der Waals surface area contributed by atoms with Crippen molar-refractivity contribution in [3.8, 4) is 5.75 Å². The number of rotatable bonds is 3. The minimum Gasteiger partial charge on any atom is -0.435 e. The molecule has 1 saturated heterocycles. The molecule has 1 fully saturated rings. The molecule has 182 valence electrons. The Labute approximate surface area is 206 Å². The fraction of sp³-hybridized carbons (Fsp3) is 0.440. The molecule has 0 spiro atoms. The zero-order valence-corrected chi connectivity index (χ0v) is 19.7. The maximum Gasteiger partial charge on any atom is 0.495 e. The van der Waals surface area contributed by atoms with E-state index in [2.05, 4.69) is 5.32 Å². The first-order valence-corrected chi connectivity index (χ1v) is 11.5. The highest BCUT2D eigenvalue weighted by Gasteiger charge is 2.54. The summed E-state index contributed by atoms with van der Waals surface area (Å²) in [6.07, 6.45) is 0.397. The summed E-state index contributed by atoms with van der Waals surface area (Å²) < 4.78 is 71.4. The van der Waals surface area contributed by atoms with Crippen LogP contribution in [0.4, 0.5) is 8.78 Å². The summed E-state index contributed by atoms with van der Waals surface area (Å²) in [5.41, 5.74) is -0.265. The van der Waals surface area contributed by atoms with Gasteiger partial charge in [-0.25, -0.2) is 4.98 Å². The molecule has 0 saturated carbocycles. The molecule has 0 radical (unpaired) electrons. The molecule has 1 aromatic heterocycles. The standard InChI is InChI=1S/C25H26BF2N3O4/c1-12-18(33-23(27)28)10-13-19(20(12)26-34-24(2,3)25(4,5)35-26)17-11-15(30-22(13)32)21-29-14-8-6-7-9-16(14)31(17)21/h6-10,15,17,23H,11H2,1-5H3,(H,30,32)/t15-,17-/m1/s1/i1D3. The molecule has 0 aliphatic carbocycles. The third-order valence-corrected chi connectivity index (χ3v) is 7.67. The van der Waals surface area contributed by atoms with E-state index in [-0.39, 0.29) is 11.0 Å². The Balaban J connectivity index is 1.70. The van der Waals surface area contributed by atoms with E-state index < -0.39 is 61.1 Å². The van der Waals surface area contributed by atoms with E-state index in [0.29, 0.717) is 17.8 Å². The van der Waals surface area contributed by atoms with E-state index >= 15 is 0 Å². The summed E-state index contributed by atoms with van der Waals surface area (Å²) in [5.74, 6) is -0.509. The first kappa shape index (κ1) is 19.2. The van der Waals surface area contributed by atoms with Crippen LogP contribution >= 0.6 is 0 Å². The number of ether oxygens (including phenoxy) is 1. The van der Waals surface area contributed by atoms with Gasteiger partial charge in [0.25, 0.3) is 5.91 Å². The van der Waals surface area contributed by atoms with E-state index in [4.69, 9.17) is 23.1 Å². The minimum absolute atomic E-state index is 0.0169. The molecule has 10 heteroatoms. The van der Waals surface area contributed by atoms with Crippen molar-refractivity contribution in [3.63, 3.8) is 0 Å². The van der Waals surface area contributed by atoms with Crippen LogP contribution in [0, 0.1) is 6.85 Å². The largest absolute Gasteiger partial charge is 0.495 e. The third kappa shape index (κ3) is 3.15. The highest BCUT2D eigenvalue weighted by molar-refractivity contribution is 6.63. The summed E-state index contributed by atoms with van der Waals surface area (Å²) in [5, 5.41) is 2.95. The number of carbonyl (C=O) groups is 1. The third-order valence-electron chi connectivity index (χ3n) is 7.67. The highest BCUT2D eigenvalue weighted by atomic mass is 19.3. The summed E-state index contributed by atoms with van der Waals surface area (Å²) in [6.45, 7) is 1.02. The fourth-order valence-corrected chi connectivity index (χ4v) is 5.31. The van der Waals surface area contributed by atoms with E-state index in [1.165, 1.54) is 0 Å². The number of halogens is 2. The summed E-state index contributed by atoms with van der Waals surface area (Å²) >= 11 is 0. The van der Waals surface area contributed by atoms with Gasteiger partial charge in [0, 0.05) is 9.68 Å². The van der Waals surface area contributed by atoms with E-state index in [1.807, 2.05) is 28.8 Å². The van der Waals surface area contributed by atoms with Crippen LogP contribution in [0.2, 0.25) is 0 Å². The molecule has 3 aliphatic heterocycles. The lowest BCUT2D eigenvalue weighted by Crippen LogP contribution is -2.42. The second-order valence-corrected chi connectivity index (χ2v) is 10.2. The highest BCUT2D eigenvalue weighted by Crippen LogP contribution is 2.46. The average molecular weight is 484 g/mol. The average Bonchev–Trinajstić information content (AvgIpc) is 3.36. The van der Waals surface area contributed by atoms with E-state index in [9.17, 15) is 13.6 Å². The van der Waals surface area contributed by atoms with Crippen LogP contribution in [0.25, 0.3) is 11.0 Å². The van der Waals surface area contributed by atoms with Gasteiger partial charge >= 0.3 is 13.7 Å². The Morgan fingerprint density at radius 3 is 2.66 bits per heavy atom. The van der Waals surface area contributed by atoms with Gasteiger partial charge in [0.05, 0.1) is 34.3 Å². The second kappa shape index (κ2) is 7.27. The number of imidazole rings is 1. The first-order chi connectivity index (χ1) is 17.7. The Kier molecular flexibility index (Phi) is 4.00. The number of nitrogens with zero attached hydrogens (tertiary/aromatic N) is 2. The molecule has 2 bridgehead atoms. The number of carbonyl (C=O) groups excluding carboxylic acids is 1. The quantitative estimate of drug-likeness (QED) is 0.569. The van der Waals surface area contributed by atoms with Gasteiger partial charge in [-0.1, -0.05) is 12.1 Å². The molecular formula is C25H26BF2N3O4. The summed E-state index contributed by atoms with van der Waals surface area (Å²) in [4.78, 5) is 18.3. The van der Waals surface area contributed by atoms with Crippen molar-refractivity contribution in [2.24, 2.45) is 0 Å². The number of nitrogens with one attached hydrogen (secondary N) is 1. The summed E-state index contributed by atoms with van der Waals surface area (Å²) in [7, 11) is -1.26. The van der Waals surface area contributed by atoms with Gasteiger partial charge in [-0.15, -0.1) is 0 Å². The number of hydrogen-bond donors (Lipinski definition) is 1. The van der Waals surface area contributed by atoms with Crippen molar-refractivity contribution in [1.82, 2.24) is 14.9 Å². The maximum absolute atomic E-state index is 13.6. The molecule has 6 rings (SSSR count). The molecule has 3 aromatic rings. The lowest BCUT2D eigenvalue weighted by atomic mass is 9.69. The van der Waals surface area contributed by atoms with E-state index in [0.717, 1.165) is 17.1 Å². The molecule has 1 N–H and O–H groups in total. The molecule has 2 atom stereocenters. The predicted molar refractivity (Wildman–Crippen MR) is 126 cm³/mol. The number of amides is 1. The van der Waals surface area contributed by atoms with E-state index in [1.54, 1.807) is 27.7 Å². The van der Waals surface area contributed by atoms with Gasteiger partial charge in [0.1, 0.15) is 11.6 Å². The van der Waals surface area contributed by atoms with Crippen LogP contribution in [0.3, 0.4) is 0 Å². The Hall–Kier alpha value is -2.98. The molecule has 7 nitrogen and oxygen atoms in total.